The Morgan fingerprint density at radius 3 is 2.87 bits per heavy atom. The van der Waals surface area contributed by atoms with Crippen LogP contribution in [0.4, 0.5) is 0 Å². The third-order valence-electron chi connectivity index (χ3n) is 1.85. The van der Waals surface area contributed by atoms with E-state index in [1.807, 2.05) is 0 Å². The fraction of sp³-hybridized carbons (Fsp3) is 0. The number of aromatic carboxylic acids is 1. The number of carboxylic acids is 1. The highest BCUT2D eigenvalue weighted by Crippen LogP contribution is 2.03. The number of carbonyl (C=O) groups is 1. The lowest BCUT2D eigenvalue weighted by Crippen LogP contribution is -2.32. The van der Waals surface area contributed by atoms with E-state index >= 15 is 0 Å². The zero-order valence-corrected chi connectivity index (χ0v) is 7.51. The molecule has 15 heavy (non-hydrogen) atoms. The maximum atomic E-state index is 10.7. The molecule has 1 aromatic carbocycles. The van der Waals surface area contributed by atoms with E-state index in [1.54, 1.807) is 12.1 Å². The van der Waals surface area contributed by atoms with Crippen LogP contribution in [0.1, 0.15) is 10.4 Å². The van der Waals surface area contributed by atoms with Crippen LogP contribution < -0.4 is 10.3 Å². The summed E-state index contributed by atoms with van der Waals surface area (Å²) in [5.41, 5.74) is 0.124. The minimum Gasteiger partial charge on any atom is -0.478 e. The van der Waals surface area contributed by atoms with Crippen LogP contribution in [-0.2, 0) is 0 Å². The van der Waals surface area contributed by atoms with Gasteiger partial charge in [-0.05, 0) is 16.0 Å². The maximum Gasteiger partial charge on any atom is 0.427 e. The summed E-state index contributed by atoms with van der Waals surface area (Å²) in [6.07, 6.45) is 1.18. The highest BCUT2D eigenvalue weighted by molar-refractivity contribution is 5.87. The largest absolute Gasteiger partial charge is 0.478 e. The number of hydrogen-bond acceptors (Lipinski definition) is 3. The van der Waals surface area contributed by atoms with E-state index in [-0.39, 0.29) is 5.56 Å². The van der Waals surface area contributed by atoms with E-state index in [0.717, 1.165) is 0 Å². The Labute approximate surface area is 83.3 Å². The van der Waals surface area contributed by atoms with Gasteiger partial charge in [0.05, 0.1) is 5.56 Å². The van der Waals surface area contributed by atoms with Crippen molar-refractivity contribution in [3.63, 3.8) is 0 Å². The van der Waals surface area contributed by atoms with Crippen molar-refractivity contribution < 1.29 is 19.1 Å². The fourth-order valence-electron chi connectivity index (χ4n) is 1.17. The molecule has 0 unspecified atom stereocenters. The highest BCUT2D eigenvalue weighted by Gasteiger charge is 2.12. The van der Waals surface area contributed by atoms with Crippen molar-refractivity contribution in [3.05, 3.63) is 46.4 Å². The summed E-state index contributed by atoms with van der Waals surface area (Å²) in [5, 5.41) is 11.1. The number of H-pyrrole nitrogens is 1. The summed E-state index contributed by atoms with van der Waals surface area (Å²) in [6, 6.07) is 6.12. The van der Waals surface area contributed by atoms with Crippen molar-refractivity contribution in [1.29, 1.82) is 0 Å². The zero-order chi connectivity index (χ0) is 10.8. The number of aromatic amines is 1. The summed E-state index contributed by atoms with van der Waals surface area (Å²) < 4.78 is 5.75. The van der Waals surface area contributed by atoms with Crippen LogP contribution in [0.5, 0.6) is 0 Å². The number of hydrogen-bond donors (Lipinski definition) is 2. The number of rotatable bonds is 2. The van der Waals surface area contributed by atoms with Gasteiger partial charge < -0.3 is 5.11 Å². The second-order valence-electron chi connectivity index (χ2n) is 2.87. The monoisotopic (exact) mass is 207 g/mol. The second kappa shape index (κ2) is 3.41. The molecule has 0 bridgehead atoms. The van der Waals surface area contributed by atoms with Crippen molar-refractivity contribution in [1.82, 2.24) is 5.27 Å². The van der Waals surface area contributed by atoms with Gasteiger partial charge in [0.1, 0.15) is 0 Å². The molecule has 6 heteroatoms. The van der Waals surface area contributed by atoms with Crippen LogP contribution in [0.15, 0.2) is 39.8 Å². The van der Waals surface area contributed by atoms with Gasteiger partial charge >= 0.3 is 11.6 Å². The SMILES string of the molecule is O=C(O)c1cccc(-[n+]2cc(=O)o[nH]2)c1. The minimum absolute atomic E-state index is 0.141. The lowest BCUT2D eigenvalue weighted by Gasteiger charge is -1.92. The molecule has 0 saturated carbocycles. The molecule has 1 heterocycles. The van der Waals surface area contributed by atoms with E-state index in [9.17, 15) is 9.59 Å². The number of nitrogens with one attached hydrogen (secondary N) is 1. The molecule has 76 valence electrons. The summed E-state index contributed by atoms with van der Waals surface area (Å²) in [6.45, 7) is 0. The van der Waals surface area contributed by atoms with Crippen LogP contribution in [0.3, 0.4) is 0 Å². The Morgan fingerprint density at radius 2 is 2.27 bits per heavy atom. The van der Waals surface area contributed by atoms with Gasteiger partial charge in [-0.2, -0.15) is 0 Å². The van der Waals surface area contributed by atoms with Gasteiger partial charge in [0.25, 0.3) is 6.20 Å². The normalized spacial score (nSPS) is 10.1. The first-order valence-corrected chi connectivity index (χ1v) is 4.11. The fourth-order valence-corrected chi connectivity index (χ4v) is 1.17. The lowest BCUT2D eigenvalue weighted by atomic mass is 10.2. The van der Waals surface area contributed by atoms with Crippen molar-refractivity contribution in [2.45, 2.75) is 0 Å². The maximum absolute atomic E-state index is 10.7. The van der Waals surface area contributed by atoms with E-state index in [1.165, 1.54) is 23.0 Å². The molecule has 2 N–H and O–H groups in total. The quantitative estimate of drug-likeness (QED) is 0.675. The standard InChI is InChI=1S/C9H6N2O4/c12-8-5-11(10-15-8)7-3-1-2-6(4-7)9(13)14/h1-5H,(H-,10,12,13,14)/p+1. The summed E-state index contributed by atoms with van der Waals surface area (Å²) in [4.78, 5) is 21.4. The molecule has 0 aliphatic carbocycles. The van der Waals surface area contributed by atoms with Crippen LogP contribution in [0, 0.1) is 0 Å². The van der Waals surface area contributed by atoms with Gasteiger partial charge in [-0.1, -0.05) is 6.07 Å². The van der Waals surface area contributed by atoms with Gasteiger partial charge in [-0.3, -0.25) is 4.52 Å². The van der Waals surface area contributed by atoms with Crippen LogP contribution in [0.2, 0.25) is 0 Å². The third kappa shape index (κ3) is 1.78. The first-order chi connectivity index (χ1) is 7.16. The molecule has 6 nitrogen and oxygen atoms in total. The Kier molecular flexibility index (Phi) is 2.09. The Balaban J connectivity index is 2.49. The van der Waals surface area contributed by atoms with Crippen LogP contribution in [0.25, 0.3) is 5.69 Å². The van der Waals surface area contributed by atoms with Gasteiger partial charge in [0.2, 0.25) is 5.69 Å². The molecular weight excluding hydrogens is 200 g/mol. The molecule has 0 spiro atoms. The summed E-state index contributed by atoms with van der Waals surface area (Å²) >= 11 is 0. The first kappa shape index (κ1) is 9.20. The molecule has 2 aromatic rings. The number of benzene rings is 1. The number of carboxylic acid groups (broad SMARTS) is 1. The van der Waals surface area contributed by atoms with Gasteiger partial charge in [0.15, 0.2) is 0 Å². The molecule has 0 amide bonds. The number of nitrogens with zero attached hydrogens (tertiary/aromatic N) is 1. The smallest absolute Gasteiger partial charge is 0.427 e. The molecule has 0 saturated heterocycles. The molecular formula is C9H7N2O4+. The Hall–Kier alpha value is -2.37. The van der Waals surface area contributed by atoms with E-state index < -0.39 is 11.6 Å². The van der Waals surface area contributed by atoms with Crippen molar-refractivity contribution in [2.75, 3.05) is 0 Å². The molecule has 2 rings (SSSR count). The summed E-state index contributed by atoms with van der Waals surface area (Å²) in [7, 11) is 0. The first-order valence-electron chi connectivity index (χ1n) is 4.11. The van der Waals surface area contributed by atoms with Gasteiger partial charge in [-0.25, -0.2) is 9.59 Å². The topological polar surface area (TPSA) is 87.2 Å². The van der Waals surface area contributed by atoms with E-state index in [2.05, 4.69) is 9.79 Å². The third-order valence-corrected chi connectivity index (χ3v) is 1.85. The van der Waals surface area contributed by atoms with Crippen molar-refractivity contribution in [3.8, 4) is 5.69 Å². The average molecular weight is 207 g/mol. The zero-order valence-electron chi connectivity index (χ0n) is 7.51. The van der Waals surface area contributed by atoms with Gasteiger partial charge in [0, 0.05) is 12.1 Å². The Bertz CT molecular complexity index is 555. The predicted molar refractivity (Wildman–Crippen MR) is 47.8 cm³/mol. The minimum atomic E-state index is -1.02. The summed E-state index contributed by atoms with van der Waals surface area (Å²) in [5.74, 6) is -1.02. The second-order valence-corrected chi connectivity index (χ2v) is 2.87. The molecule has 0 aliphatic heterocycles. The molecule has 0 fully saturated rings. The molecule has 0 radical (unpaired) electrons. The molecule has 1 aromatic heterocycles. The Morgan fingerprint density at radius 1 is 1.47 bits per heavy atom. The molecule has 0 atom stereocenters. The molecule has 0 aliphatic rings. The van der Waals surface area contributed by atoms with Crippen LogP contribution >= 0.6 is 0 Å². The van der Waals surface area contributed by atoms with E-state index in [0.29, 0.717) is 5.69 Å². The average Bonchev–Trinajstić information content (AvgIpc) is 2.65. The van der Waals surface area contributed by atoms with Crippen molar-refractivity contribution in [2.24, 2.45) is 0 Å². The van der Waals surface area contributed by atoms with Crippen LogP contribution in [-0.4, -0.2) is 16.3 Å². The van der Waals surface area contributed by atoms with Crippen molar-refractivity contribution >= 4 is 5.97 Å². The predicted octanol–water partition coefficient (Wildman–Crippen LogP) is -0.0572. The lowest BCUT2D eigenvalue weighted by molar-refractivity contribution is -0.670. The highest BCUT2D eigenvalue weighted by atomic mass is 16.5. The van der Waals surface area contributed by atoms with E-state index in [4.69, 9.17) is 5.11 Å². The van der Waals surface area contributed by atoms with Gasteiger partial charge in [-0.15, -0.1) is 0 Å². The number of aromatic nitrogens is 2.